The van der Waals surface area contributed by atoms with E-state index < -0.39 is 30.0 Å². The van der Waals surface area contributed by atoms with E-state index in [0.717, 1.165) is 38.6 Å². The quantitative estimate of drug-likeness (QED) is 0.0967. The molecule has 5 atom stereocenters. The number of likely N-dealkylation sites (N-methyl/N-ethyl adjacent to an activating group) is 1. The lowest BCUT2D eigenvalue weighted by atomic mass is 9.82. The number of aromatic nitrogens is 1. The van der Waals surface area contributed by atoms with E-state index >= 15 is 0 Å². The average molecular weight is 693 g/mol. The lowest BCUT2D eigenvalue weighted by Crippen LogP contribution is -2.50. The fraction of sp³-hybridized carbons (Fsp3) is 0.778. The monoisotopic (exact) mass is 692 g/mol. The van der Waals surface area contributed by atoms with Gasteiger partial charge in [-0.3, -0.25) is 28.9 Å². The third kappa shape index (κ3) is 12.9. The van der Waals surface area contributed by atoms with Crippen molar-refractivity contribution in [3.05, 3.63) is 16.1 Å². The Bertz CT molecular complexity index is 1200. The Morgan fingerprint density at radius 2 is 1.79 bits per heavy atom. The number of thiazole rings is 1. The number of rotatable bonds is 20. The van der Waals surface area contributed by atoms with Crippen molar-refractivity contribution in [3.63, 3.8) is 0 Å². The predicted octanol–water partition coefficient (Wildman–Crippen LogP) is 6.17. The minimum atomic E-state index is -0.849. The number of ketones is 1. The van der Waals surface area contributed by atoms with Crippen LogP contribution in [0.15, 0.2) is 5.38 Å². The van der Waals surface area contributed by atoms with Gasteiger partial charge in [0.05, 0.1) is 6.04 Å². The molecule has 0 bridgehead atoms. The highest BCUT2D eigenvalue weighted by Gasteiger charge is 2.39. The number of amides is 2. The largest absolute Gasteiger partial charge is 0.455 e. The fourth-order valence-corrected chi connectivity index (χ4v) is 6.95. The molecular formula is C36H60N4O7S. The molecular weight excluding hydrogens is 632 g/mol. The highest BCUT2D eigenvalue weighted by molar-refractivity contribution is 7.09. The van der Waals surface area contributed by atoms with Crippen molar-refractivity contribution in [2.75, 3.05) is 26.9 Å². The van der Waals surface area contributed by atoms with Crippen LogP contribution in [0.1, 0.15) is 135 Å². The Hall–Kier alpha value is -2.86. The summed E-state index contributed by atoms with van der Waals surface area (Å²) < 4.78 is 11.5. The van der Waals surface area contributed by atoms with Gasteiger partial charge in [0.25, 0.3) is 5.91 Å². The lowest BCUT2D eigenvalue weighted by Gasteiger charge is -2.39. The summed E-state index contributed by atoms with van der Waals surface area (Å²) in [5.74, 6) is -2.23. The van der Waals surface area contributed by atoms with Gasteiger partial charge in [0.2, 0.25) is 5.91 Å². The summed E-state index contributed by atoms with van der Waals surface area (Å²) >= 11 is 1.22. The van der Waals surface area contributed by atoms with Crippen LogP contribution >= 0.6 is 11.3 Å². The first-order valence-electron chi connectivity index (χ1n) is 17.8. The number of nitrogens with one attached hydrogen (secondary N) is 1. The first-order chi connectivity index (χ1) is 22.7. The minimum absolute atomic E-state index is 0.0546. The molecule has 2 heterocycles. The number of carbonyl (C=O) groups is 5. The molecule has 2 rings (SSSR count). The molecule has 11 nitrogen and oxygen atoms in total. The van der Waals surface area contributed by atoms with Gasteiger partial charge in [-0.25, -0.2) is 4.98 Å². The zero-order valence-electron chi connectivity index (χ0n) is 30.7. The van der Waals surface area contributed by atoms with Crippen LogP contribution in [-0.4, -0.2) is 83.3 Å². The molecule has 1 aromatic rings. The molecule has 0 aliphatic carbocycles. The van der Waals surface area contributed by atoms with E-state index in [2.05, 4.69) is 15.2 Å². The van der Waals surface area contributed by atoms with Gasteiger partial charge in [-0.2, -0.15) is 0 Å². The van der Waals surface area contributed by atoms with Crippen molar-refractivity contribution in [3.8, 4) is 0 Å². The maximum absolute atomic E-state index is 14.7. The molecule has 2 amide bonds. The summed E-state index contributed by atoms with van der Waals surface area (Å²) in [7, 11) is 1.96. The van der Waals surface area contributed by atoms with Gasteiger partial charge in [-0.05, 0) is 50.6 Å². The molecule has 0 aromatic carbocycles. The fourth-order valence-electron chi connectivity index (χ4n) is 6.11. The Morgan fingerprint density at radius 3 is 2.38 bits per heavy atom. The molecule has 1 aliphatic rings. The third-order valence-corrected chi connectivity index (χ3v) is 10.2. The molecule has 1 saturated heterocycles. The van der Waals surface area contributed by atoms with E-state index in [1.807, 2.05) is 55.5 Å². The number of likely N-dealkylation sites (tertiary alicyclic amines) is 1. The highest BCUT2D eigenvalue weighted by Crippen LogP contribution is 2.33. The number of nitrogens with zero attached hydrogens (tertiary/aromatic N) is 3. The first-order valence-corrected chi connectivity index (χ1v) is 18.7. The minimum Gasteiger partial charge on any atom is -0.455 e. The van der Waals surface area contributed by atoms with Crippen LogP contribution in [0, 0.1) is 23.7 Å². The van der Waals surface area contributed by atoms with Crippen molar-refractivity contribution < 1.29 is 33.4 Å². The number of piperidine rings is 1. The Morgan fingerprint density at radius 1 is 1.08 bits per heavy atom. The average Bonchev–Trinajstić information content (AvgIpc) is 3.52. The van der Waals surface area contributed by atoms with Gasteiger partial charge in [0, 0.05) is 50.1 Å². The van der Waals surface area contributed by atoms with E-state index in [0.29, 0.717) is 18.0 Å². The molecule has 1 fully saturated rings. The van der Waals surface area contributed by atoms with Gasteiger partial charge < -0.3 is 19.7 Å². The molecule has 0 radical (unpaired) electrons. The summed E-state index contributed by atoms with van der Waals surface area (Å²) in [5, 5.41) is 4.94. The van der Waals surface area contributed by atoms with Crippen LogP contribution in [-0.2, 0) is 28.7 Å². The maximum atomic E-state index is 14.7. The molecule has 1 aliphatic heterocycles. The van der Waals surface area contributed by atoms with Crippen LogP contribution in [0.4, 0.5) is 0 Å². The van der Waals surface area contributed by atoms with Crippen molar-refractivity contribution >= 4 is 40.9 Å². The van der Waals surface area contributed by atoms with Gasteiger partial charge in [0.15, 0.2) is 18.6 Å². The molecule has 272 valence electrons. The Balaban J connectivity index is 2.48. The van der Waals surface area contributed by atoms with Crippen molar-refractivity contribution in [2.24, 2.45) is 23.7 Å². The van der Waals surface area contributed by atoms with Crippen LogP contribution in [0.2, 0.25) is 0 Å². The zero-order valence-corrected chi connectivity index (χ0v) is 31.5. The smallest absolute Gasteiger partial charge is 0.307 e. The van der Waals surface area contributed by atoms with Crippen molar-refractivity contribution in [1.29, 1.82) is 0 Å². The Labute approximate surface area is 291 Å². The van der Waals surface area contributed by atoms with E-state index in [9.17, 15) is 24.0 Å². The lowest BCUT2D eigenvalue weighted by molar-refractivity contribution is -0.162. The topological polar surface area (TPSA) is 135 Å². The number of hydrogen-bond donors (Lipinski definition) is 1. The maximum Gasteiger partial charge on any atom is 0.307 e. The number of Topliss-reactive ketones (excluding diaryl/α,β-unsaturated/α-hetero) is 1. The number of ether oxygens (including phenoxy) is 2. The van der Waals surface area contributed by atoms with E-state index in [1.165, 1.54) is 18.3 Å². The molecule has 0 spiro atoms. The molecule has 0 unspecified atom stereocenters. The van der Waals surface area contributed by atoms with E-state index in [-0.39, 0.29) is 73.1 Å². The number of unbranched alkanes of at least 4 members (excludes halogenated alkanes) is 1. The number of carbonyl (C=O) groups excluding carboxylic acids is 5. The van der Waals surface area contributed by atoms with Crippen LogP contribution < -0.4 is 5.32 Å². The van der Waals surface area contributed by atoms with Gasteiger partial charge in [-0.15, -0.1) is 11.3 Å². The predicted molar refractivity (Wildman–Crippen MR) is 187 cm³/mol. The van der Waals surface area contributed by atoms with Crippen molar-refractivity contribution in [2.45, 2.75) is 131 Å². The third-order valence-electron chi connectivity index (χ3n) is 9.21. The van der Waals surface area contributed by atoms with E-state index in [1.54, 1.807) is 10.3 Å². The van der Waals surface area contributed by atoms with Gasteiger partial charge in [-0.1, -0.05) is 67.7 Å². The number of esters is 2. The SMILES string of the molecule is CCCCNC(=O)c1csc([C@@H](C[C@H](C(C)C)N(COC(=O)CC(C)C)C(=O)[C@@H](CC(=O)[C@H]2CCCCN2C)[C@@H](C)CC)OC(C)=O)n1. The second kappa shape index (κ2) is 20.6. The van der Waals surface area contributed by atoms with Crippen LogP contribution in [0.5, 0.6) is 0 Å². The van der Waals surface area contributed by atoms with Gasteiger partial charge >= 0.3 is 11.9 Å². The van der Waals surface area contributed by atoms with Crippen LogP contribution in [0.25, 0.3) is 0 Å². The summed E-state index contributed by atoms with van der Waals surface area (Å²) in [6.45, 7) is 16.2. The number of hydrogen-bond acceptors (Lipinski definition) is 10. The molecule has 1 aromatic heterocycles. The highest BCUT2D eigenvalue weighted by atomic mass is 32.1. The molecule has 48 heavy (non-hydrogen) atoms. The zero-order chi connectivity index (χ0) is 36.0. The molecule has 0 saturated carbocycles. The van der Waals surface area contributed by atoms with Gasteiger partial charge in [0.1, 0.15) is 10.7 Å². The van der Waals surface area contributed by atoms with E-state index in [4.69, 9.17) is 9.47 Å². The Kier molecular flexibility index (Phi) is 17.7. The summed E-state index contributed by atoms with van der Waals surface area (Å²) in [6, 6.07) is -0.763. The molecule has 12 heteroatoms. The standard InChI is InChI=1S/C36H60N4O7S/c1-10-12-16-37-34(44)28-21-48-35(38-28)32(47-26(8)41)20-30(24(5)6)40(22-46-33(43)18-23(3)4)36(45)27(25(7)11-2)19-31(42)29-15-13-14-17-39(29)9/h21,23-25,27,29-30,32H,10-20,22H2,1-9H3,(H,37,44)/t25-,27-,29+,30+,32+/m0/s1. The summed E-state index contributed by atoms with van der Waals surface area (Å²) in [6.07, 6.45) is 4.91. The molecule has 1 N–H and O–H groups in total. The summed E-state index contributed by atoms with van der Waals surface area (Å²) in [4.78, 5) is 74.4. The summed E-state index contributed by atoms with van der Waals surface area (Å²) in [5.41, 5.74) is 0.239. The van der Waals surface area contributed by atoms with Crippen molar-refractivity contribution in [1.82, 2.24) is 20.1 Å². The normalized spacial score (nSPS) is 17.8. The second-order valence-corrected chi connectivity index (χ2v) is 14.9. The first kappa shape index (κ1) is 41.3. The second-order valence-electron chi connectivity index (χ2n) is 14.0. The van der Waals surface area contributed by atoms with Crippen LogP contribution in [0.3, 0.4) is 0 Å².